The van der Waals surface area contributed by atoms with Gasteiger partial charge in [-0.2, -0.15) is 0 Å². The molecule has 0 heterocycles. The van der Waals surface area contributed by atoms with Crippen LogP contribution in [0.15, 0.2) is 46.9 Å². The first-order valence-corrected chi connectivity index (χ1v) is 7.70. The zero-order chi connectivity index (χ0) is 15.2. The fraction of sp³-hybridized carbons (Fsp3) is 0.294. The van der Waals surface area contributed by atoms with Crippen molar-refractivity contribution in [3.63, 3.8) is 0 Å². The number of benzene rings is 2. The van der Waals surface area contributed by atoms with Crippen LogP contribution in [0.25, 0.3) is 0 Å². The summed E-state index contributed by atoms with van der Waals surface area (Å²) in [5.41, 5.74) is 1.77. The molecule has 0 saturated carbocycles. The molecule has 2 aromatic rings. The van der Waals surface area contributed by atoms with E-state index in [1.54, 1.807) is 12.1 Å². The lowest BCUT2D eigenvalue weighted by Gasteiger charge is -2.17. The predicted molar refractivity (Wildman–Crippen MR) is 85.3 cm³/mol. The minimum absolute atomic E-state index is 0.190. The van der Waals surface area contributed by atoms with Gasteiger partial charge in [-0.1, -0.05) is 34.1 Å². The minimum Gasteiger partial charge on any atom is -0.319 e. The summed E-state index contributed by atoms with van der Waals surface area (Å²) in [7, 11) is 1.88. The average Bonchev–Trinajstić information content (AvgIpc) is 2.44. The standard InChI is InChI=1S/C17H18BrF2N/c1-21-11-13(8-12-2-6-16(19)7-3-12)9-14-4-5-15(18)10-17(14)20/h2-7,10,13,21H,8-9,11H2,1H3. The second-order valence-corrected chi connectivity index (χ2v) is 6.11. The summed E-state index contributed by atoms with van der Waals surface area (Å²) in [6, 6.07) is 11.7. The molecule has 1 N–H and O–H groups in total. The van der Waals surface area contributed by atoms with Gasteiger partial charge in [-0.3, -0.25) is 0 Å². The molecule has 0 aliphatic heterocycles. The summed E-state index contributed by atoms with van der Waals surface area (Å²) in [6.45, 7) is 0.785. The molecule has 0 radical (unpaired) electrons. The molecule has 2 rings (SSSR count). The van der Waals surface area contributed by atoms with Crippen LogP contribution in [-0.2, 0) is 12.8 Å². The van der Waals surface area contributed by atoms with Crippen LogP contribution in [0.1, 0.15) is 11.1 Å². The molecule has 1 atom stereocenters. The molecule has 4 heteroatoms. The fourth-order valence-corrected chi connectivity index (χ4v) is 2.79. The molecular weight excluding hydrogens is 336 g/mol. The van der Waals surface area contributed by atoms with Crippen molar-refractivity contribution in [2.24, 2.45) is 5.92 Å². The lowest BCUT2D eigenvalue weighted by Crippen LogP contribution is -2.23. The lowest BCUT2D eigenvalue weighted by molar-refractivity contribution is 0.479. The Morgan fingerprint density at radius 3 is 2.38 bits per heavy atom. The largest absolute Gasteiger partial charge is 0.319 e. The molecule has 2 aromatic carbocycles. The van der Waals surface area contributed by atoms with Crippen molar-refractivity contribution in [2.75, 3.05) is 13.6 Å². The predicted octanol–water partition coefficient (Wildman–Crippen LogP) is 4.35. The van der Waals surface area contributed by atoms with Gasteiger partial charge in [-0.25, -0.2) is 8.78 Å². The summed E-state index contributed by atoms with van der Waals surface area (Å²) < 4.78 is 27.6. The highest BCUT2D eigenvalue weighted by atomic mass is 79.9. The van der Waals surface area contributed by atoms with Gasteiger partial charge in [-0.15, -0.1) is 0 Å². The summed E-state index contributed by atoms with van der Waals surface area (Å²) in [4.78, 5) is 0. The molecule has 0 aliphatic rings. The summed E-state index contributed by atoms with van der Waals surface area (Å²) in [5.74, 6) is -0.163. The Kier molecular flexibility index (Phi) is 5.88. The first kappa shape index (κ1) is 16.1. The third-order valence-electron chi connectivity index (χ3n) is 3.45. The fourth-order valence-electron chi connectivity index (χ4n) is 2.46. The van der Waals surface area contributed by atoms with E-state index in [9.17, 15) is 8.78 Å². The van der Waals surface area contributed by atoms with E-state index < -0.39 is 0 Å². The maximum Gasteiger partial charge on any atom is 0.127 e. The lowest BCUT2D eigenvalue weighted by atomic mass is 9.92. The van der Waals surface area contributed by atoms with E-state index >= 15 is 0 Å². The Balaban J connectivity index is 2.09. The Morgan fingerprint density at radius 2 is 1.76 bits per heavy atom. The third-order valence-corrected chi connectivity index (χ3v) is 3.95. The van der Waals surface area contributed by atoms with Gasteiger partial charge in [0.25, 0.3) is 0 Å². The molecule has 0 saturated heterocycles. The topological polar surface area (TPSA) is 12.0 Å². The van der Waals surface area contributed by atoms with Crippen molar-refractivity contribution in [1.29, 1.82) is 0 Å². The van der Waals surface area contributed by atoms with Crippen molar-refractivity contribution in [3.05, 3.63) is 69.7 Å². The van der Waals surface area contributed by atoms with Crippen LogP contribution >= 0.6 is 15.9 Å². The number of hydrogen-bond donors (Lipinski definition) is 1. The van der Waals surface area contributed by atoms with Crippen molar-refractivity contribution >= 4 is 15.9 Å². The van der Waals surface area contributed by atoms with Crippen molar-refractivity contribution in [3.8, 4) is 0 Å². The van der Waals surface area contributed by atoms with Crippen LogP contribution in [0, 0.1) is 17.6 Å². The Morgan fingerprint density at radius 1 is 1.05 bits per heavy atom. The molecule has 0 fully saturated rings. The SMILES string of the molecule is CNCC(Cc1ccc(F)cc1)Cc1ccc(Br)cc1F. The van der Waals surface area contributed by atoms with E-state index in [-0.39, 0.29) is 17.6 Å². The zero-order valence-electron chi connectivity index (χ0n) is 11.9. The van der Waals surface area contributed by atoms with Gasteiger partial charge in [0.15, 0.2) is 0 Å². The van der Waals surface area contributed by atoms with Gasteiger partial charge in [0, 0.05) is 4.47 Å². The highest BCUT2D eigenvalue weighted by Gasteiger charge is 2.13. The first-order chi connectivity index (χ1) is 10.1. The van der Waals surface area contributed by atoms with Crippen LogP contribution in [0.5, 0.6) is 0 Å². The monoisotopic (exact) mass is 353 g/mol. The van der Waals surface area contributed by atoms with E-state index in [2.05, 4.69) is 21.2 Å². The van der Waals surface area contributed by atoms with Gasteiger partial charge in [0.2, 0.25) is 0 Å². The maximum absolute atomic E-state index is 13.9. The molecule has 0 bridgehead atoms. The van der Waals surface area contributed by atoms with Crippen molar-refractivity contribution in [1.82, 2.24) is 5.32 Å². The molecule has 21 heavy (non-hydrogen) atoms. The van der Waals surface area contributed by atoms with E-state index in [1.807, 2.05) is 19.2 Å². The van der Waals surface area contributed by atoms with Gasteiger partial charge < -0.3 is 5.32 Å². The van der Waals surface area contributed by atoms with Gasteiger partial charge in [0.05, 0.1) is 0 Å². The number of hydrogen-bond acceptors (Lipinski definition) is 1. The second-order valence-electron chi connectivity index (χ2n) is 5.19. The quantitative estimate of drug-likeness (QED) is 0.813. The molecular formula is C17H18BrF2N. The van der Waals surface area contributed by atoms with E-state index in [0.717, 1.165) is 23.0 Å². The Bertz CT molecular complexity index is 584. The van der Waals surface area contributed by atoms with Crippen LogP contribution < -0.4 is 5.32 Å². The van der Waals surface area contributed by atoms with Gasteiger partial charge in [0.1, 0.15) is 11.6 Å². The number of nitrogens with one attached hydrogen (secondary N) is 1. The second kappa shape index (κ2) is 7.66. The highest BCUT2D eigenvalue weighted by molar-refractivity contribution is 9.10. The minimum atomic E-state index is -0.233. The molecule has 1 nitrogen and oxygen atoms in total. The van der Waals surface area contributed by atoms with Gasteiger partial charge in [-0.05, 0) is 67.7 Å². The molecule has 0 aliphatic carbocycles. The van der Waals surface area contributed by atoms with E-state index in [4.69, 9.17) is 0 Å². The first-order valence-electron chi connectivity index (χ1n) is 6.91. The van der Waals surface area contributed by atoms with E-state index in [1.165, 1.54) is 18.2 Å². The third kappa shape index (κ3) is 4.90. The molecule has 112 valence electrons. The normalized spacial score (nSPS) is 12.4. The number of halogens is 3. The Labute approximate surface area is 132 Å². The van der Waals surface area contributed by atoms with Gasteiger partial charge >= 0.3 is 0 Å². The van der Waals surface area contributed by atoms with Crippen LogP contribution in [0.2, 0.25) is 0 Å². The Hall–Kier alpha value is -1.26. The van der Waals surface area contributed by atoms with E-state index in [0.29, 0.717) is 12.0 Å². The summed E-state index contributed by atoms with van der Waals surface area (Å²) in [5, 5.41) is 3.14. The average molecular weight is 354 g/mol. The molecule has 0 aromatic heterocycles. The molecule has 0 amide bonds. The van der Waals surface area contributed by atoms with Crippen LogP contribution in [-0.4, -0.2) is 13.6 Å². The van der Waals surface area contributed by atoms with Crippen molar-refractivity contribution in [2.45, 2.75) is 12.8 Å². The zero-order valence-corrected chi connectivity index (χ0v) is 13.5. The smallest absolute Gasteiger partial charge is 0.127 e. The summed E-state index contributed by atoms with van der Waals surface area (Å²) >= 11 is 3.27. The highest BCUT2D eigenvalue weighted by Crippen LogP contribution is 2.20. The molecule has 0 spiro atoms. The summed E-state index contributed by atoms with van der Waals surface area (Å²) in [6.07, 6.45) is 1.44. The van der Waals surface area contributed by atoms with Crippen LogP contribution in [0.3, 0.4) is 0 Å². The van der Waals surface area contributed by atoms with Crippen LogP contribution in [0.4, 0.5) is 8.78 Å². The van der Waals surface area contributed by atoms with Crippen molar-refractivity contribution < 1.29 is 8.78 Å². The molecule has 1 unspecified atom stereocenters. The number of rotatable bonds is 6. The maximum atomic E-state index is 13.9.